The summed E-state index contributed by atoms with van der Waals surface area (Å²) in [7, 11) is 0. The third-order valence-corrected chi connectivity index (χ3v) is 12.8. The van der Waals surface area contributed by atoms with Gasteiger partial charge in [-0.05, 0) is 111 Å². The molecule has 1 aromatic heterocycles. The first kappa shape index (κ1) is 49.1. The zero-order valence-electron chi connectivity index (χ0n) is 38.4. The monoisotopic (exact) mass is 1020 g/mol. The van der Waals surface area contributed by atoms with Gasteiger partial charge in [0.25, 0.3) is 0 Å². The molecule has 4 aliphatic rings. The Labute approximate surface area is 431 Å². The SMILES string of the molecule is C=CCONC1=Nc2ccc(Cl)cc2C(c2ccccc2Cl)=NC1.Cc1ncc2n1-c1ccc(Cl)cc1C(c1ccccc1F)=NC2.[O-][N+]1=C(c2ccccc2)c2cc(Cl)ccc2N=C(NCC2CC2)C1. The zero-order chi connectivity index (χ0) is 49.4. The number of nitrogens with zero attached hydrogens (tertiary/aromatic N) is 7. The topological polar surface area (TPSA) is 127 Å². The van der Waals surface area contributed by atoms with Crippen LogP contribution in [-0.4, -0.2) is 69.3 Å². The van der Waals surface area contributed by atoms with Crippen molar-refractivity contribution in [1.82, 2.24) is 20.3 Å². The zero-order valence-corrected chi connectivity index (χ0v) is 41.5. The van der Waals surface area contributed by atoms with Crippen LogP contribution in [0.1, 0.15) is 57.7 Å². The molecular formula is C55H46Cl4FN9O2. The minimum absolute atomic E-state index is 0.212. The van der Waals surface area contributed by atoms with Crippen LogP contribution in [0.15, 0.2) is 172 Å². The predicted molar refractivity (Wildman–Crippen MR) is 286 cm³/mol. The second kappa shape index (κ2) is 22.4. The summed E-state index contributed by atoms with van der Waals surface area (Å²) in [6.07, 6.45) is 5.97. The number of amidine groups is 2. The molecular weight excluding hydrogens is 979 g/mol. The van der Waals surface area contributed by atoms with E-state index in [0.29, 0.717) is 68.4 Å². The van der Waals surface area contributed by atoms with E-state index in [-0.39, 0.29) is 12.4 Å². The summed E-state index contributed by atoms with van der Waals surface area (Å²) in [5.41, 5.74) is 12.8. The highest BCUT2D eigenvalue weighted by Crippen LogP contribution is 2.33. The molecule has 0 atom stereocenters. The number of aryl methyl sites for hydroxylation is 1. The predicted octanol–water partition coefficient (Wildman–Crippen LogP) is 12.6. The van der Waals surface area contributed by atoms with Gasteiger partial charge < -0.3 is 10.5 Å². The summed E-state index contributed by atoms with van der Waals surface area (Å²) in [6, 6.07) is 40.5. The van der Waals surface area contributed by atoms with Crippen LogP contribution in [0.25, 0.3) is 5.69 Å². The van der Waals surface area contributed by atoms with E-state index >= 15 is 0 Å². The van der Waals surface area contributed by atoms with Gasteiger partial charge in [0.15, 0.2) is 5.84 Å². The lowest BCUT2D eigenvalue weighted by molar-refractivity contribution is -0.439. The van der Waals surface area contributed by atoms with E-state index in [1.54, 1.807) is 24.3 Å². The number of hydrogen-bond donors (Lipinski definition) is 2. The Morgan fingerprint density at radius 2 is 1.35 bits per heavy atom. The van der Waals surface area contributed by atoms with Crippen LogP contribution < -0.4 is 10.8 Å². The number of aromatic nitrogens is 2. The molecule has 11 nitrogen and oxygen atoms in total. The lowest BCUT2D eigenvalue weighted by Crippen LogP contribution is -2.33. The van der Waals surface area contributed by atoms with E-state index in [0.717, 1.165) is 79.3 Å². The van der Waals surface area contributed by atoms with E-state index in [4.69, 9.17) is 56.2 Å². The lowest BCUT2D eigenvalue weighted by atomic mass is 10.00. The van der Waals surface area contributed by atoms with Crippen LogP contribution in [0.2, 0.25) is 20.1 Å². The van der Waals surface area contributed by atoms with Gasteiger partial charge in [-0.2, -0.15) is 4.74 Å². The average molecular weight is 1030 g/mol. The van der Waals surface area contributed by atoms with Gasteiger partial charge in [0.1, 0.15) is 17.5 Å². The van der Waals surface area contributed by atoms with Crippen molar-refractivity contribution in [3.8, 4) is 5.69 Å². The molecule has 2 N–H and O–H groups in total. The highest BCUT2D eigenvalue weighted by Gasteiger charge is 2.27. The maximum atomic E-state index is 14.3. The second-order valence-corrected chi connectivity index (χ2v) is 18.5. The molecule has 358 valence electrons. The molecule has 0 saturated heterocycles. The van der Waals surface area contributed by atoms with E-state index in [9.17, 15) is 9.60 Å². The maximum Gasteiger partial charge on any atom is 0.228 e. The quantitative estimate of drug-likeness (QED) is 0.0515. The molecule has 0 radical (unpaired) electrons. The van der Waals surface area contributed by atoms with Crippen molar-refractivity contribution in [3.63, 3.8) is 0 Å². The number of aliphatic imine (C=N–C) groups is 4. The van der Waals surface area contributed by atoms with Gasteiger partial charge in [0.05, 0.1) is 65.6 Å². The third-order valence-electron chi connectivity index (χ3n) is 11.7. The molecule has 7 aromatic rings. The Morgan fingerprint density at radius 1 is 0.732 bits per heavy atom. The molecule has 1 fully saturated rings. The second-order valence-electron chi connectivity index (χ2n) is 16.8. The standard InChI is InChI=1S/C19H18ClN3O.C18H15Cl2N3O.C18H13ClFN3/c20-15-8-9-17-16(10-15)19(14-4-2-1-3-5-14)23(24)12-18(22-17)21-11-13-6-7-13;1-2-9-24-23-17-11-21-18(13-5-3-4-6-15(13)20)14-10-12(19)7-8-16(14)22-17;1-11-21-9-13-10-22-18(14-4-2-3-5-16(14)20)15-8-12(19)6-7-17(15)23(11)13/h1-5,8-10,13H,6-7,11-12H2,(H,21,22);2-8,10H,1,9,11H2,(H,22,23);2-9H,10H2,1H3. The molecule has 4 heterocycles. The number of halogens is 5. The summed E-state index contributed by atoms with van der Waals surface area (Å²) in [5, 5.41) is 18.6. The van der Waals surface area contributed by atoms with E-state index in [1.807, 2.05) is 127 Å². The van der Waals surface area contributed by atoms with Crippen molar-refractivity contribution < 1.29 is 14.0 Å². The number of hydrogen-bond acceptors (Lipinski definition) is 9. The minimum Gasteiger partial charge on any atom is -0.623 e. The molecule has 0 bridgehead atoms. The Hall–Kier alpha value is -6.93. The fourth-order valence-corrected chi connectivity index (χ4v) is 8.93. The summed E-state index contributed by atoms with van der Waals surface area (Å²) >= 11 is 24.9. The molecule has 16 heteroatoms. The first-order valence-electron chi connectivity index (χ1n) is 22.8. The number of imidazole rings is 1. The summed E-state index contributed by atoms with van der Waals surface area (Å²) < 4.78 is 17.4. The summed E-state index contributed by atoms with van der Waals surface area (Å²) in [5.74, 6) is 2.61. The van der Waals surface area contributed by atoms with Crippen LogP contribution in [0.3, 0.4) is 0 Å². The van der Waals surface area contributed by atoms with Crippen LogP contribution in [0.5, 0.6) is 0 Å². The summed E-state index contributed by atoms with van der Waals surface area (Å²) in [6.45, 7) is 7.79. The molecule has 1 saturated carbocycles. The smallest absolute Gasteiger partial charge is 0.228 e. The molecule has 1 aliphatic carbocycles. The minimum atomic E-state index is -0.293. The first-order valence-corrected chi connectivity index (χ1v) is 24.3. The Kier molecular flexibility index (Phi) is 15.5. The fourth-order valence-electron chi connectivity index (χ4n) is 8.19. The highest BCUT2D eigenvalue weighted by atomic mass is 35.5. The van der Waals surface area contributed by atoms with Crippen molar-refractivity contribution in [1.29, 1.82) is 0 Å². The van der Waals surface area contributed by atoms with E-state index in [1.165, 1.54) is 18.9 Å². The molecule has 11 rings (SSSR count). The van der Waals surface area contributed by atoms with Crippen molar-refractivity contribution in [2.24, 2.45) is 25.9 Å². The molecule has 71 heavy (non-hydrogen) atoms. The third kappa shape index (κ3) is 11.7. The molecule has 0 amide bonds. The van der Waals surface area contributed by atoms with Gasteiger partial charge in [-0.25, -0.2) is 19.4 Å². The Balaban J connectivity index is 0.000000132. The molecule has 6 aromatic carbocycles. The van der Waals surface area contributed by atoms with Crippen LogP contribution >= 0.6 is 46.4 Å². The normalized spacial score (nSPS) is 14.6. The summed E-state index contributed by atoms with van der Waals surface area (Å²) in [4.78, 5) is 28.2. The van der Waals surface area contributed by atoms with Gasteiger partial charge in [0, 0.05) is 54.5 Å². The highest BCUT2D eigenvalue weighted by molar-refractivity contribution is 6.36. The van der Waals surface area contributed by atoms with Gasteiger partial charge >= 0.3 is 0 Å². The Bertz CT molecular complexity index is 3290. The lowest BCUT2D eigenvalue weighted by Gasteiger charge is -2.14. The number of hydroxylamine groups is 2. The van der Waals surface area contributed by atoms with Crippen molar-refractivity contribution in [3.05, 3.63) is 228 Å². The molecule has 0 spiro atoms. The van der Waals surface area contributed by atoms with Gasteiger partial charge in [-0.3, -0.25) is 24.9 Å². The Morgan fingerprint density at radius 3 is 2.07 bits per heavy atom. The van der Waals surface area contributed by atoms with Crippen LogP contribution in [0, 0.1) is 23.9 Å². The van der Waals surface area contributed by atoms with E-state index < -0.39 is 0 Å². The number of benzene rings is 6. The number of rotatable bonds is 8. The largest absolute Gasteiger partial charge is 0.623 e. The van der Waals surface area contributed by atoms with Crippen molar-refractivity contribution in [2.45, 2.75) is 26.3 Å². The first-order chi connectivity index (χ1) is 34.5. The number of fused-ring (bicyclic) bond motifs is 5. The van der Waals surface area contributed by atoms with Crippen LogP contribution in [-0.2, 0) is 11.4 Å². The maximum absolute atomic E-state index is 14.3. The van der Waals surface area contributed by atoms with Gasteiger partial charge in [0.2, 0.25) is 12.3 Å². The average Bonchev–Trinajstić information content (AvgIpc) is 4.19. The van der Waals surface area contributed by atoms with Crippen molar-refractivity contribution >= 4 is 86.6 Å². The fraction of sp³-hybridized carbons (Fsp3) is 0.164. The molecule has 3 aliphatic heterocycles. The van der Waals surface area contributed by atoms with Gasteiger partial charge in [-0.15, -0.1) is 6.58 Å². The molecule has 0 unspecified atom stereocenters. The van der Waals surface area contributed by atoms with Crippen molar-refractivity contribution in [2.75, 3.05) is 26.2 Å². The van der Waals surface area contributed by atoms with E-state index in [2.05, 4.69) is 37.3 Å². The van der Waals surface area contributed by atoms with Crippen LogP contribution in [0.4, 0.5) is 15.8 Å². The number of nitrogens with one attached hydrogen (secondary N) is 2. The van der Waals surface area contributed by atoms with Gasteiger partial charge in [-0.1, -0.05) is 101 Å².